The summed E-state index contributed by atoms with van der Waals surface area (Å²) >= 11 is 0. The first kappa shape index (κ1) is 24.1. The molecule has 39 heavy (non-hydrogen) atoms. The van der Waals surface area contributed by atoms with Gasteiger partial charge in [-0.2, -0.15) is 0 Å². The molecule has 1 saturated carbocycles. The first-order valence-electron chi connectivity index (χ1n) is 13.0. The number of methoxy groups -OCH3 is 1. The van der Waals surface area contributed by atoms with Crippen LogP contribution in [0.3, 0.4) is 0 Å². The van der Waals surface area contributed by atoms with Crippen molar-refractivity contribution in [3.05, 3.63) is 52.7 Å². The number of imidazole rings is 1. The number of nitrogens with zero attached hydrogens (tertiary/aromatic N) is 5. The molecule has 0 amide bonds. The van der Waals surface area contributed by atoms with Crippen LogP contribution in [0.1, 0.15) is 30.9 Å². The Morgan fingerprint density at radius 1 is 1.18 bits per heavy atom. The van der Waals surface area contributed by atoms with Gasteiger partial charge in [0.25, 0.3) is 5.92 Å². The zero-order valence-electron chi connectivity index (χ0n) is 21.9. The predicted molar refractivity (Wildman–Crippen MR) is 142 cm³/mol. The molecular weight excluding hydrogens is 506 g/mol. The van der Waals surface area contributed by atoms with Crippen molar-refractivity contribution in [1.29, 1.82) is 0 Å². The Morgan fingerprint density at radius 3 is 2.74 bits per heavy atom. The molecule has 6 heterocycles. The molecule has 8 rings (SSSR count). The van der Waals surface area contributed by atoms with E-state index in [0.717, 1.165) is 33.3 Å². The highest BCUT2D eigenvalue weighted by molar-refractivity contribution is 6.14. The van der Waals surface area contributed by atoms with Gasteiger partial charge in [0.1, 0.15) is 12.3 Å². The van der Waals surface area contributed by atoms with Gasteiger partial charge in [-0.25, -0.2) is 18.6 Å². The van der Waals surface area contributed by atoms with Crippen LogP contribution < -0.4 is 10.4 Å². The number of hydrogen-bond donors (Lipinski definition) is 1. The Bertz CT molecular complexity index is 1800. The number of benzene rings is 1. The summed E-state index contributed by atoms with van der Waals surface area (Å²) in [5.74, 6) is -2.57. The average molecular weight is 535 g/mol. The van der Waals surface area contributed by atoms with Gasteiger partial charge in [-0.1, -0.05) is 24.3 Å². The number of aromatic amines is 1. The van der Waals surface area contributed by atoms with Gasteiger partial charge < -0.3 is 14.5 Å². The standard InChI is InChI=1S/C28H28F2N6O3/c1-34-13-19(26(33-34)38-3)23-21-16-6-4-15(5-7-16)11-28(29,30)14-39-18-9-8-17(10-18)36-24-20(35(2)27(36)37)12-31-25(32-23)22(21)24/h4-7,12-13,17-18H,8-11,14H2,1-3H3,(H,31,32)/t17?,18-/m0/s1. The van der Waals surface area contributed by atoms with E-state index in [-0.39, 0.29) is 17.8 Å². The van der Waals surface area contributed by atoms with E-state index in [1.165, 1.54) is 0 Å². The molecule has 5 aromatic rings. The Balaban J connectivity index is 1.60. The number of H-pyrrole nitrogens is 1. The van der Waals surface area contributed by atoms with Crippen molar-refractivity contribution in [2.24, 2.45) is 14.1 Å². The number of nitrogens with one attached hydrogen (secondary N) is 1. The fourth-order valence-corrected chi connectivity index (χ4v) is 6.28. The molecule has 4 bridgehead atoms. The third kappa shape index (κ3) is 3.70. The quantitative estimate of drug-likeness (QED) is 0.358. The van der Waals surface area contributed by atoms with Crippen molar-refractivity contribution in [2.45, 2.75) is 43.8 Å². The van der Waals surface area contributed by atoms with E-state index in [9.17, 15) is 13.6 Å². The molecule has 0 spiro atoms. The Morgan fingerprint density at radius 2 is 1.97 bits per heavy atom. The van der Waals surface area contributed by atoms with Crippen LogP contribution in [0.5, 0.6) is 5.88 Å². The molecular formula is C28H28F2N6O3. The van der Waals surface area contributed by atoms with Crippen LogP contribution in [-0.2, 0) is 25.3 Å². The summed E-state index contributed by atoms with van der Waals surface area (Å²) in [5, 5.41) is 5.23. The summed E-state index contributed by atoms with van der Waals surface area (Å²) in [7, 11) is 5.12. The summed E-state index contributed by atoms with van der Waals surface area (Å²) in [6.45, 7) is -0.643. The Kier molecular flexibility index (Phi) is 5.25. The summed E-state index contributed by atoms with van der Waals surface area (Å²) in [5.41, 5.74) is 5.52. The van der Waals surface area contributed by atoms with Crippen LogP contribution in [0.2, 0.25) is 0 Å². The van der Waals surface area contributed by atoms with E-state index < -0.39 is 19.0 Å². The van der Waals surface area contributed by atoms with Crippen molar-refractivity contribution >= 4 is 22.1 Å². The van der Waals surface area contributed by atoms with Gasteiger partial charge in [-0.3, -0.25) is 13.8 Å². The van der Waals surface area contributed by atoms with Crippen LogP contribution in [0.25, 0.3) is 44.5 Å². The van der Waals surface area contributed by atoms with E-state index >= 15 is 0 Å². The van der Waals surface area contributed by atoms with Crippen LogP contribution in [0.15, 0.2) is 41.5 Å². The van der Waals surface area contributed by atoms with Gasteiger partial charge >= 0.3 is 5.69 Å². The molecule has 0 saturated heterocycles. The maximum atomic E-state index is 14.9. The lowest BCUT2D eigenvalue weighted by Gasteiger charge is -2.20. The Labute approximate surface area is 222 Å². The molecule has 9 nitrogen and oxygen atoms in total. The lowest BCUT2D eigenvalue weighted by atomic mass is 9.97. The minimum atomic E-state index is -3.00. The van der Waals surface area contributed by atoms with Crippen molar-refractivity contribution in [2.75, 3.05) is 13.7 Å². The number of hydrogen-bond acceptors (Lipinski definition) is 5. The van der Waals surface area contributed by atoms with Gasteiger partial charge in [0.15, 0.2) is 0 Å². The molecule has 1 N–H and O–H groups in total. The fraction of sp³-hybridized carbons (Fsp3) is 0.393. The molecule has 1 fully saturated rings. The third-order valence-corrected chi connectivity index (χ3v) is 8.09. The average Bonchev–Trinajstić information content (AvgIpc) is 3.67. The molecule has 0 radical (unpaired) electrons. The summed E-state index contributed by atoms with van der Waals surface area (Å²) in [6, 6.07) is 6.96. The van der Waals surface area contributed by atoms with Crippen LogP contribution in [0.4, 0.5) is 8.78 Å². The second-order valence-electron chi connectivity index (χ2n) is 10.7. The molecule has 11 heteroatoms. The van der Waals surface area contributed by atoms with Crippen LogP contribution in [-0.4, -0.2) is 54.6 Å². The van der Waals surface area contributed by atoms with Crippen molar-refractivity contribution in [1.82, 2.24) is 28.9 Å². The number of pyridine rings is 1. The normalized spacial score (nSPS) is 20.6. The minimum absolute atomic E-state index is 0.164. The minimum Gasteiger partial charge on any atom is -0.479 e. The first-order valence-corrected chi connectivity index (χ1v) is 13.0. The number of aromatic nitrogens is 6. The zero-order valence-corrected chi connectivity index (χ0v) is 21.9. The van der Waals surface area contributed by atoms with E-state index in [4.69, 9.17) is 14.5 Å². The summed E-state index contributed by atoms with van der Waals surface area (Å²) in [6.07, 6.45) is 4.59. The second-order valence-corrected chi connectivity index (χ2v) is 10.7. The van der Waals surface area contributed by atoms with Crippen LogP contribution >= 0.6 is 0 Å². The fourth-order valence-electron chi connectivity index (χ4n) is 6.28. The molecule has 2 aliphatic heterocycles. The molecule has 202 valence electrons. The SMILES string of the molecule is COc1nn(C)cc1-c1[nH]c2ncc3c4c2c1-c1ccc(cc1)CC(F)(F)CO[C@H]1CCC(C1)n4c(=O)n3C. The highest BCUT2D eigenvalue weighted by Crippen LogP contribution is 2.44. The molecule has 2 atom stereocenters. The van der Waals surface area contributed by atoms with Gasteiger partial charge in [-0.15, -0.1) is 5.10 Å². The predicted octanol–water partition coefficient (Wildman–Crippen LogP) is 4.59. The smallest absolute Gasteiger partial charge is 0.329 e. The topological polar surface area (TPSA) is 91.9 Å². The number of ether oxygens (including phenoxy) is 2. The third-order valence-electron chi connectivity index (χ3n) is 8.09. The van der Waals surface area contributed by atoms with Crippen molar-refractivity contribution in [3.8, 4) is 28.3 Å². The molecule has 1 aliphatic carbocycles. The highest BCUT2D eigenvalue weighted by Gasteiger charge is 2.36. The number of halogens is 2. The summed E-state index contributed by atoms with van der Waals surface area (Å²) < 4.78 is 46.2. The lowest BCUT2D eigenvalue weighted by Crippen LogP contribution is -2.29. The first-order chi connectivity index (χ1) is 18.7. The number of alkyl halides is 2. The maximum Gasteiger partial charge on any atom is 0.329 e. The maximum absolute atomic E-state index is 14.9. The van der Waals surface area contributed by atoms with Gasteiger partial charge in [0.05, 0.1) is 47.1 Å². The molecule has 1 aromatic carbocycles. The molecule has 1 unspecified atom stereocenters. The second kappa shape index (κ2) is 8.51. The lowest BCUT2D eigenvalue weighted by molar-refractivity contribution is -0.0974. The number of fused-ring (bicyclic) bond motifs is 5. The molecule has 3 aliphatic rings. The number of rotatable bonds is 2. The zero-order chi connectivity index (χ0) is 27.1. The van der Waals surface area contributed by atoms with Crippen molar-refractivity contribution < 1.29 is 18.3 Å². The molecule has 4 aromatic heterocycles. The van der Waals surface area contributed by atoms with E-state index in [0.29, 0.717) is 41.9 Å². The van der Waals surface area contributed by atoms with E-state index in [1.54, 1.807) is 41.7 Å². The Hall–Kier alpha value is -3.99. The van der Waals surface area contributed by atoms with Gasteiger partial charge in [0, 0.05) is 38.3 Å². The van der Waals surface area contributed by atoms with Gasteiger partial charge in [-0.05, 0) is 30.4 Å². The van der Waals surface area contributed by atoms with Crippen molar-refractivity contribution in [3.63, 3.8) is 0 Å². The summed E-state index contributed by atoms with van der Waals surface area (Å²) in [4.78, 5) is 21.9. The van der Waals surface area contributed by atoms with E-state index in [2.05, 4.69) is 10.1 Å². The number of aryl methyl sites for hydroxylation is 2. The highest BCUT2D eigenvalue weighted by atomic mass is 19.3. The van der Waals surface area contributed by atoms with Crippen LogP contribution in [0, 0.1) is 0 Å². The van der Waals surface area contributed by atoms with Gasteiger partial charge in [0.2, 0.25) is 5.88 Å². The monoisotopic (exact) mass is 534 g/mol. The van der Waals surface area contributed by atoms with E-state index in [1.807, 2.05) is 29.9 Å². The largest absolute Gasteiger partial charge is 0.479 e.